The number of carbonyl (C=O) groups is 3. The summed E-state index contributed by atoms with van der Waals surface area (Å²) in [4.78, 5) is 39.7. The molecule has 1 aliphatic heterocycles. The minimum absolute atomic E-state index is 0.173. The summed E-state index contributed by atoms with van der Waals surface area (Å²) in [5, 5.41) is 5.84. The Labute approximate surface area is 198 Å². The lowest BCUT2D eigenvalue weighted by Gasteiger charge is -2.18. The van der Waals surface area contributed by atoms with Crippen LogP contribution in [-0.2, 0) is 14.4 Å². The van der Waals surface area contributed by atoms with Gasteiger partial charge in [0.2, 0.25) is 5.91 Å². The molecule has 4 rings (SSSR count). The molecule has 172 valence electrons. The number of para-hydroxylation sites is 2. The maximum atomic E-state index is 13.7. The number of imide groups is 1. The maximum Gasteiger partial charge on any atom is 0.282 e. The number of hydrogen-bond acceptors (Lipinski definition) is 5. The van der Waals surface area contributed by atoms with Crippen LogP contribution in [-0.4, -0.2) is 24.8 Å². The number of aryl methyl sites for hydroxylation is 2. The van der Waals surface area contributed by atoms with E-state index in [4.69, 9.17) is 4.74 Å². The Kier molecular flexibility index (Phi) is 6.19. The van der Waals surface area contributed by atoms with Crippen LogP contribution < -0.4 is 20.3 Å². The summed E-state index contributed by atoms with van der Waals surface area (Å²) in [5.74, 6) is -0.669. The Morgan fingerprint density at radius 2 is 1.53 bits per heavy atom. The van der Waals surface area contributed by atoms with Gasteiger partial charge in [-0.25, -0.2) is 4.90 Å². The molecule has 0 atom stereocenters. The quantitative estimate of drug-likeness (QED) is 0.528. The highest BCUT2D eigenvalue weighted by molar-refractivity contribution is 6.46. The number of carbonyl (C=O) groups excluding carboxylic acids is 3. The number of methoxy groups -OCH3 is 1. The van der Waals surface area contributed by atoms with Gasteiger partial charge >= 0.3 is 0 Å². The number of amides is 3. The summed E-state index contributed by atoms with van der Waals surface area (Å²) in [7, 11) is 1.50. The summed E-state index contributed by atoms with van der Waals surface area (Å²) in [6, 6.07) is 19.5. The number of benzene rings is 3. The van der Waals surface area contributed by atoms with E-state index in [1.54, 1.807) is 48.5 Å². The third-order valence-electron chi connectivity index (χ3n) is 5.68. The number of nitrogens with zero attached hydrogens (tertiary/aromatic N) is 1. The zero-order valence-electron chi connectivity index (χ0n) is 19.4. The second-order valence-electron chi connectivity index (χ2n) is 8.05. The molecule has 1 aliphatic rings. The monoisotopic (exact) mass is 455 g/mol. The van der Waals surface area contributed by atoms with Crippen LogP contribution in [0.25, 0.3) is 5.57 Å². The first-order chi connectivity index (χ1) is 16.3. The lowest BCUT2D eigenvalue weighted by Crippen LogP contribution is -2.32. The van der Waals surface area contributed by atoms with Crippen LogP contribution >= 0.6 is 0 Å². The van der Waals surface area contributed by atoms with Crippen molar-refractivity contribution in [2.75, 3.05) is 22.6 Å². The summed E-state index contributed by atoms with van der Waals surface area (Å²) in [6.45, 7) is 5.39. The van der Waals surface area contributed by atoms with Gasteiger partial charge in [-0.1, -0.05) is 30.3 Å². The largest absolute Gasteiger partial charge is 0.495 e. The number of nitrogens with one attached hydrogen (secondary N) is 2. The minimum atomic E-state index is -0.478. The fraction of sp³-hybridized carbons (Fsp3) is 0.148. The summed E-state index contributed by atoms with van der Waals surface area (Å²) in [6.07, 6.45) is 0. The first-order valence-electron chi connectivity index (χ1n) is 10.8. The Balaban J connectivity index is 1.80. The molecule has 0 spiro atoms. The highest BCUT2D eigenvalue weighted by atomic mass is 16.5. The lowest BCUT2D eigenvalue weighted by atomic mass is 9.99. The van der Waals surface area contributed by atoms with E-state index in [2.05, 4.69) is 10.6 Å². The molecule has 2 N–H and O–H groups in total. The molecule has 3 aromatic rings. The molecule has 3 amide bonds. The van der Waals surface area contributed by atoms with E-state index in [0.717, 1.165) is 16.0 Å². The minimum Gasteiger partial charge on any atom is -0.495 e. The van der Waals surface area contributed by atoms with Crippen LogP contribution in [0.1, 0.15) is 23.6 Å². The van der Waals surface area contributed by atoms with Gasteiger partial charge in [-0.15, -0.1) is 0 Å². The smallest absolute Gasteiger partial charge is 0.282 e. The van der Waals surface area contributed by atoms with Gasteiger partial charge in [0.15, 0.2) is 0 Å². The van der Waals surface area contributed by atoms with Crippen molar-refractivity contribution in [2.24, 2.45) is 0 Å². The number of rotatable bonds is 6. The molecular weight excluding hydrogens is 430 g/mol. The van der Waals surface area contributed by atoms with E-state index in [0.29, 0.717) is 28.4 Å². The van der Waals surface area contributed by atoms with Crippen LogP contribution in [0.3, 0.4) is 0 Å². The van der Waals surface area contributed by atoms with Crippen molar-refractivity contribution < 1.29 is 19.1 Å². The number of anilines is 3. The van der Waals surface area contributed by atoms with Gasteiger partial charge in [-0.3, -0.25) is 14.4 Å². The fourth-order valence-electron chi connectivity index (χ4n) is 3.83. The second kappa shape index (κ2) is 9.23. The van der Waals surface area contributed by atoms with E-state index in [9.17, 15) is 14.4 Å². The van der Waals surface area contributed by atoms with Gasteiger partial charge in [0.25, 0.3) is 11.8 Å². The van der Waals surface area contributed by atoms with E-state index in [-0.39, 0.29) is 17.2 Å². The first kappa shape index (κ1) is 22.8. The maximum absolute atomic E-state index is 13.7. The molecule has 0 saturated heterocycles. The average molecular weight is 456 g/mol. The number of hydrogen-bond donors (Lipinski definition) is 2. The van der Waals surface area contributed by atoms with Crippen LogP contribution in [0.2, 0.25) is 0 Å². The first-order valence-corrected chi connectivity index (χ1v) is 10.8. The fourth-order valence-corrected chi connectivity index (χ4v) is 3.83. The Morgan fingerprint density at radius 3 is 2.18 bits per heavy atom. The highest BCUT2D eigenvalue weighted by Gasteiger charge is 2.41. The Morgan fingerprint density at radius 1 is 0.853 bits per heavy atom. The summed E-state index contributed by atoms with van der Waals surface area (Å²) >= 11 is 0. The molecule has 0 aliphatic carbocycles. The van der Waals surface area contributed by atoms with Crippen LogP contribution in [0, 0.1) is 13.8 Å². The third kappa shape index (κ3) is 4.28. The van der Waals surface area contributed by atoms with Gasteiger partial charge in [0.1, 0.15) is 11.4 Å². The van der Waals surface area contributed by atoms with Crippen molar-refractivity contribution in [2.45, 2.75) is 20.8 Å². The molecule has 7 nitrogen and oxygen atoms in total. The number of ether oxygens (including phenoxy) is 1. The molecular formula is C27H25N3O4. The summed E-state index contributed by atoms with van der Waals surface area (Å²) in [5.41, 5.74) is 4.82. The van der Waals surface area contributed by atoms with Crippen LogP contribution in [0.5, 0.6) is 5.75 Å². The third-order valence-corrected chi connectivity index (χ3v) is 5.68. The van der Waals surface area contributed by atoms with Crippen molar-refractivity contribution in [3.8, 4) is 5.75 Å². The second-order valence-corrected chi connectivity index (χ2v) is 8.05. The van der Waals surface area contributed by atoms with E-state index < -0.39 is 11.8 Å². The van der Waals surface area contributed by atoms with Gasteiger partial charge < -0.3 is 15.4 Å². The normalized spacial score (nSPS) is 13.4. The zero-order valence-corrected chi connectivity index (χ0v) is 19.4. The molecule has 0 bridgehead atoms. The molecule has 0 aromatic heterocycles. The molecule has 3 aromatic carbocycles. The van der Waals surface area contributed by atoms with Crippen molar-refractivity contribution in [3.63, 3.8) is 0 Å². The van der Waals surface area contributed by atoms with Gasteiger partial charge in [-0.05, 0) is 66.9 Å². The van der Waals surface area contributed by atoms with E-state index in [1.165, 1.54) is 14.0 Å². The standard InChI is InChI=1S/C27H25N3O4/c1-16-9-10-19(15-17(16)2)24-25(29-21-13-11-20(12-14-21)28-18(3)31)27(33)30(26(24)32)22-7-5-6-8-23(22)34-4/h5-15,29H,1-4H3,(H,28,31). The molecule has 0 fully saturated rings. The van der Waals surface area contributed by atoms with Crippen molar-refractivity contribution >= 4 is 40.4 Å². The lowest BCUT2D eigenvalue weighted by molar-refractivity contribution is -0.120. The Hall–Kier alpha value is -4.39. The zero-order chi connectivity index (χ0) is 24.4. The van der Waals surface area contributed by atoms with Crippen LogP contribution in [0.4, 0.5) is 17.1 Å². The average Bonchev–Trinajstić information content (AvgIpc) is 3.05. The summed E-state index contributed by atoms with van der Waals surface area (Å²) < 4.78 is 5.41. The molecule has 0 saturated carbocycles. The van der Waals surface area contributed by atoms with E-state index >= 15 is 0 Å². The van der Waals surface area contributed by atoms with Gasteiger partial charge in [0, 0.05) is 18.3 Å². The van der Waals surface area contributed by atoms with Gasteiger partial charge in [0.05, 0.1) is 18.4 Å². The molecule has 0 unspecified atom stereocenters. The molecule has 34 heavy (non-hydrogen) atoms. The van der Waals surface area contributed by atoms with E-state index in [1.807, 2.05) is 32.0 Å². The van der Waals surface area contributed by atoms with Crippen molar-refractivity contribution in [3.05, 3.63) is 89.1 Å². The molecule has 0 radical (unpaired) electrons. The molecule has 1 heterocycles. The van der Waals surface area contributed by atoms with Crippen molar-refractivity contribution in [1.82, 2.24) is 0 Å². The highest BCUT2D eigenvalue weighted by Crippen LogP contribution is 2.38. The van der Waals surface area contributed by atoms with Crippen molar-refractivity contribution in [1.29, 1.82) is 0 Å². The topological polar surface area (TPSA) is 87.7 Å². The van der Waals surface area contributed by atoms with Crippen LogP contribution in [0.15, 0.2) is 72.4 Å². The molecule has 7 heteroatoms. The van der Waals surface area contributed by atoms with Gasteiger partial charge in [-0.2, -0.15) is 0 Å². The Bertz CT molecular complexity index is 1330. The predicted molar refractivity (Wildman–Crippen MR) is 133 cm³/mol. The predicted octanol–water partition coefficient (Wildman–Crippen LogP) is 4.67. The SMILES string of the molecule is COc1ccccc1N1C(=O)C(Nc2ccc(NC(C)=O)cc2)=C(c2ccc(C)c(C)c2)C1=O.